The minimum atomic E-state index is 0.278. The lowest BCUT2D eigenvalue weighted by atomic mass is 9.88. The third-order valence-electron chi connectivity index (χ3n) is 6.52. The molecule has 1 aromatic carbocycles. The molecule has 0 radical (unpaired) electrons. The largest absolute Gasteiger partial charge is 0.487 e. The second-order valence-electron chi connectivity index (χ2n) is 9.76. The molecule has 2 N–H and O–H groups in total. The molecular weight excluding hydrogens is 488 g/mol. The normalized spacial score (nSPS) is 11.0. The average Bonchev–Trinajstić information content (AvgIpc) is 2.84. The minimum absolute atomic E-state index is 0.278. The van der Waals surface area contributed by atoms with Gasteiger partial charge in [0.1, 0.15) is 0 Å². The van der Waals surface area contributed by atoms with Gasteiger partial charge in [-0.3, -0.25) is 0 Å². The number of rotatable bonds is 22. The fourth-order valence-corrected chi connectivity index (χ4v) is 4.72. The Kier molecular flexibility index (Phi) is 20.1. The van der Waals surface area contributed by atoms with Crippen molar-refractivity contribution in [1.82, 2.24) is 0 Å². The maximum absolute atomic E-state index is 9.17. The molecule has 0 unspecified atom stereocenters. The molecule has 0 saturated carbocycles. The van der Waals surface area contributed by atoms with Crippen molar-refractivity contribution < 1.29 is 19.7 Å². The van der Waals surface area contributed by atoms with Gasteiger partial charge in [-0.05, 0) is 137 Å². The molecule has 0 fully saturated rings. The standard InChI is InChI=1S/C30H50O4S2/c1-25(35)33-21-13-5-9-17-29-23-27(15-7-3-11-19-31)28(16-8-4-12-20-32)24-30(29)18-10-6-14-22-34-26(2)36/h23-24,31-32H,3-22H2,1-2H3. The zero-order valence-corrected chi connectivity index (χ0v) is 24.5. The van der Waals surface area contributed by atoms with E-state index >= 15 is 0 Å². The van der Waals surface area contributed by atoms with E-state index in [4.69, 9.17) is 44.1 Å². The summed E-state index contributed by atoms with van der Waals surface area (Å²) < 4.78 is 10.9. The molecule has 4 nitrogen and oxygen atoms in total. The Hall–Kier alpha value is -1.08. The van der Waals surface area contributed by atoms with Gasteiger partial charge in [0.25, 0.3) is 0 Å². The topological polar surface area (TPSA) is 58.9 Å². The van der Waals surface area contributed by atoms with Gasteiger partial charge in [0, 0.05) is 27.1 Å². The lowest BCUT2D eigenvalue weighted by molar-refractivity contribution is 0.282. The van der Waals surface area contributed by atoms with Gasteiger partial charge in [-0.1, -0.05) is 25.0 Å². The van der Waals surface area contributed by atoms with E-state index in [2.05, 4.69) is 12.1 Å². The summed E-state index contributed by atoms with van der Waals surface area (Å²) in [5, 5.41) is 19.6. The monoisotopic (exact) mass is 538 g/mol. The Labute approximate surface area is 231 Å². The highest BCUT2D eigenvalue weighted by Gasteiger charge is 2.11. The van der Waals surface area contributed by atoms with Crippen LogP contribution >= 0.6 is 24.4 Å². The van der Waals surface area contributed by atoms with Crippen molar-refractivity contribution >= 4 is 34.5 Å². The van der Waals surface area contributed by atoms with Crippen LogP contribution in [0, 0.1) is 0 Å². The molecule has 0 amide bonds. The summed E-state index contributed by atoms with van der Waals surface area (Å²) in [5.41, 5.74) is 5.98. The highest BCUT2D eigenvalue weighted by atomic mass is 32.1. The first-order valence-electron chi connectivity index (χ1n) is 14.1. The number of aliphatic hydroxyl groups excluding tert-OH is 2. The Balaban J connectivity index is 2.88. The van der Waals surface area contributed by atoms with Crippen LogP contribution in [0.1, 0.15) is 113 Å². The molecule has 0 aliphatic heterocycles. The summed E-state index contributed by atoms with van der Waals surface area (Å²) in [6, 6.07) is 4.98. The van der Waals surface area contributed by atoms with E-state index in [1.807, 2.05) is 13.8 Å². The van der Waals surface area contributed by atoms with Gasteiger partial charge in [-0.2, -0.15) is 0 Å². The van der Waals surface area contributed by atoms with Crippen molar-refractivity contribution in [1.29, 1.82) is 0 Å². The second-order valence-corrected chi connectivity index (χ2v) is 10.9. The number of benzene rings is 1. The Morgan fingerprint density at radius 2 is 0.833 bits per heavy atom. The summed E-state index contributed by atoms with van der Waals surface area (Å²) in [5.74, 6) is 0. The van der Waals surface area contributed by atoms with Crippen molar-refractivity contribution in [3.63, 3.8) is 0 Å². The Bertz CT molecular complexity index is 675. The first-order chi connectivity index (χ1) is 17.5. The van der Waals surface area contributed by atoms with Crippen LogP contribution in [0.3, 0.4) is 0 Å². The van der Waals surface area contributed by atoms with Crippen LogP contribution < -0.4 is 0 Å². The van der Waals surface area contributed by atoms with Gasteiger partial charge < -0.3 is 19.7 Å². The van der Waals surface area contributed by atoms with E-state index in [1.54, 1.807) is 0 Å². The molecule has 0 spiro atoms. The minimum Gasteiger partial charge on any atom is -0.487 e. The van der Waals surface area contributed by atoms with E-state index in [1.165, 1.54) is 22.3 Å². The van der Waals surface area contributed by atoms with Gasteiger partial charge >= 0.3 is 0 Å². The molecule has 0 saturated heterocycles. The van der Waals surface area contributed by atoms with Crippen LogP contribution in [0.4, 0.5) is 0 Å². The molecule has 0 heterocycles. The third kappa shape index (κ3) is 16.6. The molecule has 0 atom stereocenters. The van der Waals surface area contributed by atoms with Gasteiger partial charge in [0.2, 0.25) is 0 Å². The number of hydrogen-bond acceptors (Lipinski definition) is 6. The van der Waals surface area contributed by atoms with Crippen molar-refractivity contribution in [2.24, 2.45) is 0 Å². The Morgan fingerprint density at radius 3 is 1.11 bits per heavy atom. The predicted molar refractivity (Wildman–Crippen MR) is 159 cm³/mol. The zero-order valence-electron chi connectivity index (χ0n) is 22.8. The summed E-state index contributed by atoms with van der Waals surface area (Å²) in [4.78, 5) is 0. The molecule has 6 heteroatoms. The van der Waals surface area contributed by atoms with Crippen LogP contribution in [-0.4, -0.2) is 46.7 Å². The first kappa shape index (κ1) is 32.9. The molecule has 1 rings (SSSR count). The zero-order chi connectivity index (χ0) is 26.4. The maximum atomic E-state index is 9.17. The van der Waals surface area contributed by atoms with Crippen LogP contribution in [0.2, 0.25) is 0 Å². The van der Waals surface area contributed by atoms with E-state index in [-0.39, 0.29) is 13.2 Å². The van der Waals surface area contributed by atoms with Crippen LogP contribution in [0.15, 0.2) is 12.1 Å². The van der Waals surface area contributed by atoms with Gasteiger partial charge in [-0.15, -0.1) is 0 Å². The molecule has 1 aromatic rings. The smallest absolute Gasteiger partial charge is 0.156 e. The molecular formula is C30H50O4S2. The maximum Gasteiger partial charge on any atom is 0.156 e. The molecule has 0 aliphatic rings. The Morgan fingerprint density at radius 1 is 0.528 bits per heavy atom. The second kappa shape index (κ2) is 22.0. The molecule has 0 aliphatic carbocycles. The van der Waals surface area contributed by atoms with E-state index in [0.29, 0.717) is 23.3 Å². The average molecular weight is 539 g/mol. The third-order valence-corrected chi connectivity index (χ3v) is 6.76. The first-order valence-corrected chi connectivity index (χ1v) is 14.9. The molecule has 0 aromatic heterocycles. The van der Waals surface area contributed by atoms with E-state index in [0.717, 1.165) is 103 Å². The highest BCUT2D eigenvalue weighted by molar-refractivity contribution is 7.80. The van der Waals surface area contributed by atoms with Crippen molar-refractivity contribution in [2.75, 3.05) is 26.4 Å². The van der Waals surface area contributed by atoms with Crippen molar-refractivity contribution in [3.05, 3.63) is 34.4 Å². The van der Waals surface area contributed by atoms with E-state index in [9.17, 15) is 0 Å². The van der Waals surface area contributed by atoms with Gasteiger partial charge in [-0.25, -0.2) is 0 Å². The summed E-state index contributed by atoms with van der Waals surface area (Å²) >= 11 is 10.0. The fourth-order valence-electron chi connectivity index (χ4n) is 4.55. The molecule has 206 valence electrons. The number of aliphatic hydroxyl groups is 2. The predicted octanol–water partition coefficient (Wildman–Crippen LogP) is 7.25. The van der Waals surface area contributed by atoms with Crippen LogP contribution in [-0.2, 0) is 35.2 Å². The van der Waals surface area contributed by atoms with Crippen molar-refractivity contribution in [3.8, 4) is 0 Å². The number of hydrogen-bond donors (Lipinski definition) is 2. The molecule has 36 heavy (non-hydrogen) atoms. The summed E-state index contributed by atoms with van der Waals surface area (Å²) in [6.45, 7) is 5.65. The van der Waals surface area contributed by atoms with E-state index < -0.39 is 0 Å². The van der Waals surface area contributed by atoms with Gasteiger partial charge in [0.05, 0.1) is 13.2 Å². The lowest BCUT2D eigenvalue weighted by Crippen LogP contribution is -2.05. The number of thiocarbonyl (C=S) groups is 2. The SMILES string of the molecule is CC(=S)OCCCCCc1cc(CCCCCO)c(CCCCCO)cc1CCCCCOC(C)=S. The highest BCUT2D eigenvalue weighted by Crippen LogP contribution is 2.25. The molecule has 0 bridgehead atoms. The lowest BCUT2D eigenvalue weighted by Gasteiger charge is -2.18. The summed E-state index contributed by atoms with van der Waals surface area (Å²) in [6.07, 6.45) is 17.2. The number of unbranched alkanes of at least 4 members (excludes halogenated alkanes) is 8. The van der Waals surface area contributed by atoms with Gasteiger partial charge in [0.15, 0.2) is 10.1 Å². The van der Waals surface area contributed by atoms with Crippen molar-refractivity contribution in [2.45, 2.75) is 117 Å². The quantitative estimate of drug-likeness (QED) is 0.120. The summed E-state index contributed by atoms with van der Waals surface area (Å²) in [7, 11) is 0. The van der Waals surface area contributed by atoms with Crippen LogP contribution in [0.25, 0.3) is 0 Å². The fraction of sp³-hybridized carbons (Fsp3) is 0.733. The number of aryl methyl sites for hydroxylation is 4. The van der Waals surface area contributed by atoms with Crippen LogP contribution in [0.5, 0.6) is 0 Å². The number of ether oxygens (including phenoxy) is 2.